The van der Waals surface area contributed by atoms with Gasteiger partial charge in [-0.15, -0.1) is 0 Å². The Labute approximate surface area is 141 Å². The van der Waals surface area contributed by atoms with Gasteiger partial charge < -0.3 is 9.47 Å². The molecule has 0 fully saturated rings. The van der Waals surface area contributed by atoms with E-state index in [1.54, 1.807) is 19.1 Å². The molecule has 0 aliphatic rings. The van der Waals surface area contributed by atoms with E-state index < -0.39 is 11.9 Å². The van der Waals surface area contributed by atoms with E-state index in [4.69, 9.17) is 9.47 Å². The predicted molar refractivity (Wildman–Crippen MR) is 88.2 cm³/mol. The van der Waals surface area contributed by atoms with Crippen LogP contribution in [0.1, 0.15) is 22.8 Å². The lowest BCUT2D eigenvalue weighted by molar-refractivity contribution is -0.688. The van der Waals surface area contributed by atoms with Gasteiger partial charge >= 0.3 is 11.9 Å². The Bertz CT molecular complexity index is 708. The summed E-state index contributed by atoms with van der Waals surface area (Å²) in [6, 6.07) is 13.4. The van der Waals surface area contributed by atoms with Crippen LogP contribution in [0.3, 0.4) is 0 Å². The SMILES string of the molecule is C=C(C)C(=O)OCCOC(=O)c1cc[n+](Cc2ccccc2)cc1. The largest absolute Gasteiger partial charge is 0.459 e. The van der Waals surface area contributed by atoms with Gasteiger partial charge in [0.2, 0.25) is 0 Å². The molecule has 24 heavy (non-hydrogen) atoms. The molecule has 5 heteroatoms. The van der Waals surface area contributed by atoms with Crippen molar-refractivity contribution in [2.45, 2.75) is 13.5 Å². The summed E-state index contributed by atoms with van der Waals surface area (Å²) < 4.78 is 11.9. The summed E-state index contributed by atoms with van der Waals surface area (Å²) in [5.74, 6) is -0.944. The molecule has 0 spiro atoms. The van der Waals surface area contributed by atoms with E-state index in [1.807, 2.05) is 47.3 Å². The number of hydrogen-bond donors (Lipinski definition) is 0. The molecule has 2 rings (SSSR count). The standard InChI is InChI=1S/C19H20NO4/c1-15(2)18(21)23-12-13-24-19(22)17-8-10-20(11-9-17)14-16-6-4-3-5-7-16/h3-11H,1,12-14H2,2H3/q+1. The summed E-state index contributed by atoms with van der Waals surface area (Å²) >= 11 is 0. The number of nitrogens with zero attached hydrogens (tertiary/aromatic N) is 1. The minimum Gasteiger partial charge on any atom is -0.459 e. The fourth-order valence-electron chi connectivity index (χ4n) is 1.97. The van der Waals surface area contributed by atoms with Gasteiger partial charge in [-0.3, -0.25) is 0 Å². The number of esters is 2. The number of carbonyl (C=O) groups is 2. The van der Waals surface area contributed by atoms with Gasteiger partial charge in [0.05, 0.1) is 5.56 Å². The maximum Gasteiger partial charge on any atom is 0.338 e. The molecule has 0 saturated carbocycles. The first kappa shape index (κ1) is 17.4. The number of aromatic nitrogens is 1. The molecule has 0 unspecified atom stereocenters. The van der Waals surface area contributed by atoms with Gasteiger partial charge in [0, 0.05) is 23.3 Å². The third-order valence-corrected chi connectivity index (χ3v) is 3.23. The van der Waals surface area contributed by atoms with Crippen LogP contribution in [0.2, 0.25) is 0 Å². The van der Waals surface area contributed by atoms with Gasteiger partial charge in [0.15, 0.2) is 18.9 Å². The van der Waals surface area contributed by atoms with Crippen LogP contribution in [0.25, 0.3) is 0 Å². The zero-order valence-corrected chi connectivity index (χ0v) is 13.6. The number of benzene rings is 1. The van der Waals surface area contributed by atoms with Crippen LogP contribution in [0.15, 0.2) is 67.0 Å². The molecule has 0 amide bonds. The summed E-state index contributed by atoms with van der Waals surface area (Å²) in [4.78, 5) is 23.1. The zero-order chi connectivity index (χ0) is 17.4. The number of ether oxygens (including phenoxy) is 2. The molecule has 1 heterocycles. The summed E-state index contributed by atoms with van der Waals surface area (Å²) in [6.07, 6.45) is 3.65. The maximum atomic E-state index is 11.9. The average Bonchev–Trinajstić information content (AvgIpc) is 2.59. The van der Waals surface area contributed by atoms with Crippen LogP contribution in [-0.2, 0) is 20.8 Å². The van der Waals surface area contributed by atoms with E-state index in [9.17, 15) is 9.59 Å². The van der Waals surface area contributed by atoms with Crippen molar-refractivity contribution in [2.75, 3.05) is 13.2 Å². The number of carbonyl (C=O) groups excluding carboxylic acids is 2. The highest BCUT2D eigenvalue weighted by Gasteiger charge is 2.11. The van der Waals surface area contributed by atoms with Crippen molar-refractivity contribution in [1.82, 2.24) is 0 Å². The second-order valence-corrected chi connectivity index (χ2v) is 5.30. The first-order valence-electron chi connectivity index (χ1n) is 7.59. The van der Waals surface area contributed by atoms with Gasteiger partial charge in [0.1, 0.15) is 13.2 Å². The second-order valence-electron chi connectivity index (χ2n) is 5.30. The molecule has 0 aliphatic carbocycles. The van der Waals surface area contributed by atoms with Crippen molar-refractivity contribution in [3.8, 4) is 0 Å². The summed E-state index contributed by atoms with van der Waals surface area (Å²) in [6.45, 7) is 5.78. The molecule has 5 nitrogen and oxygen atoms in total. The summed E-state index contributed by atoms with van der Waals surface area (Å²) in [7, 11) is 0. The Morgan fingerprint density at radius 2 is 1.62 bits per heavy atom. The molecule has 0 atom stereocenters. The quantitative estimate of drug-likeness (QED) is 0.339. The van der Waals surface area contributed by atoms with Crippen LogP contribution in [-0.4, -0.2) is 25.2 Å². The van der Waals surface area contributed by atoms with Crippen molar-refractivity contribution in [2.24, 2.45) is 0 Å². The Balaban J connectivity index is 1.81. The highest BCUT2D eigenvalue weighted by Crippen LogP contribution is 2.01. The van der Waals surface area contributed by atoms with Crippen LogP contribution < -0.4 is 4.57 Å². The van der Waals surface area contributed by atoms with Gasteiger partial charge in [-0.05, 0) is 6.92 Å². The lowest BCUT2D eigenvalue weighted by atomic mass is 10.2. The molecule has 0 bridgehead atoms. The Morgan fingerprint density at radius 1 is 1.00 bits per heavy atom. The minimum atomic E-state index is -0.493. The first-order chi connectivity index (χ1) is 11.6. The van der Waals surface area contributed by atoms with E-state index in [-0.39, 0.29) is 13.2 Å². The zero-order valence-electron chi connectivity index (χ0n) is 13.6. The molecule has 1 aromatic heterocycles. The third kappa shape index (κ3) is 5.35. The second kappa shape index (κ2) is 8.62. The normalized spacial score (nSPS) is 10.0. The van der Waals surface area contributed by atoms with Crippen LogP contribution in [0.4, 0.5) is 0 Å². The molecule has 0 saturated heterocycles. The van der Waals surface area contributed by atoms with Crippen molar-refractivity contribution in [3.63, 3.8) is 0 Å². The number of hydrogen-bond acceptors (Lipinski definition) is 4. The van der Waals surface area contributed by atoms with Gasteiger partial charge in [0.25, 0.3) is 0 Å². The van der Waals surface area contributed by atoms with Crippen molar-refractivity contribution in [3.05, 3.63) is 78.1 Å². The van der Waals surface area contributed by atoms with Gasteiger partial charge in [-0.1, -0.05) is 36.9 Å². The lowest BCUT2D eigenvalue weighted by Gasteiger charge is -2.06. The molecule has 0 radical (unpaired) electrons. The molecular weight excluding hydrogens is 306 g/mol. The molecular formula is C19H20NO4+. The number of rotatable bonds is 7. The van der Waals surface area contributed by atoms with Crippen LogP contribution in [0.5, 0.6) is 0 Å². The highest BCUT2D eigenvalue weighted by atomic mass is 16.6. The van der Waals surface area contributed by atoms with Gasteiger partial charge in [-0.25, -0.2) is 14.2 Å². The predicted octanol–water partition coefficient (Wildman–Crippen LogP) is 2.30. The monoisotopic (exact) mass is 326 g/mol. The topological polar surface area (TPSA) is 56.5 Å². The van der Waals surface area contributed by atoms with Crippen molar-refractivity contribution >= 4 is 11.9 Å². The molecule has 124 valence electrons. The molecule has 0 N–H and O–H groups in total. The molecule has 2 aromatic rings. The third-order valence-electron chi connectivity index (χ3n) is 3.23. The molecule has 1 aromatic carbocycles. The first-order valence-corrected chi connectivity index (χ1v) is 7.59. The summed E-state index contributed by atoms with van der Waals surface area (Å²) in [5, 5.41) is 0. The summed E-state index contributed by atoms with van der Waals surface area (Å²) in [5.41, 5.74) is 1.94. The van der Waals surface area contributed by atoms with E-state index in [0.717, 1.165) is 6.54 Å². The van der Waals surface area contributed by atoms with E-state index in [0.29, 0.717) is 11.1 Å². The smallest absolute Gasteiger partial charge is 0.338 e. The van der Waals surface area contributed by atoms with Crippen molar-refractivity contribution in [1.29, 1.82) is 0 Å². The molecule has 0 aliphatic heterocycles. The van der Waals surface area contributed by atoms with Crippen LogP contribution >= 0.6 is 0 Å². The Kier molecular flexibility index (Phi) is 6.25. The fraction of sp³-hybridized carbons (Fsp3) is 0.211. The Hall–Kier alpha value is -2.95. The minimum absolute atomic E-state index is 0.0107. The highest BCUT2D eigenvalue weighted by molar-refractivity contribution is 5.89. The van der Waals surface area contributed by atoms with E-state index in [1.165, 1.54) is 5.56 Å². The Morgan fingerprint density at radius 3 is 2.25 bits per heavy atom. The van der Waals surface area contributed by atoms with Crippen molar-refractivity contribution < 1.29 is 23.6 Å². The maximum absolute atomic E-state index is 11.9. The number of pyridine rings is 1. The van der Waals surface area contributed by atoms with E-state index >= 15 is 0 Å². The van der Waals surface area contributed by atoms with Gasteiger partial charge in [-0.2, -0.15) is 0 Å². The average molecular weight is 326 g/mol. The lowest BCUT2D eigenvalue weighted by Crippen LogP contribution is -2.33. The van der Waals surface area contributed by atoms with E-state index in [2.05, 4.69) is 6.58 Å². The van der Waals surface area contributed by atoms with Crippen LogP contribution in [0, 0.1) is 0 Å². The fourth-order valence-corrected chi connectivity index (χ4v) is 1.97.